The third-order valence-electron chi connectivity index (χ3n) is 5.16. The smallest absolute Gasteiger partial charge is 0.339 e. The first-order chi connectivity index (χ1) is 15.2. The molecule has 1 aromatic rings. The van der Waals surface area contributed by atoms with Gasteiger partial charge in [-0.1, -0.05) is 76.8 Å². The summed E-state index contributed by atoms with van der Waals surface area (Å²) in [5.74, 6) is -1.02. The van der Waals surface area contributed by atoms with Crippen molar-refractivity contribution in [1.29, 1.82) is 0 Å². The van der Waals surface area contributed by atoms with E-state index in [9.17, 15) is 9.59 Å². The Balaban J connectivity index is 2.34. The largest absolute Gasteiger partial charge is 0.462 e. The van der Waals surface area contributed by atoms with Crippen LogP contribution in [0.3, 0.4) is 0 Å². The lowest BCUT2D eigenvalue weighted by molar-refractivity contribution is -0.0531. The van der Waals surface area contributed by atoms with Crippen molar-refractivity contribution in [3.05, 3.63) is 35.4 Å². The fourth-order valence-corrected chi connectivity index (χ4v) is 3.32. The number of hydrogen-bond acceptors (Lipinski definition) is 5. The Bertz CT molecular complexity index is 662. The highest BCUT2D eigenvalue weighted by Gasteiger charge is 2.21. The average molecular weight is 449 g/mol. The van der Waals surface area contributed by atoms with E-state index in [-0.39, 0.29) is 16.7 Å². The first-order valence-electron chi connectivity index (χ1n) is 12.4. The van der Waals surface area contributed by atoms with Crippen molar-refractivity contribution in [2.45, 2.75) is 111 Å². The summed E-state index contributed by atoms with van der Waals surface area (Å²) in [4.78, 5) is 25.1. The van der Waals surface area contributed by atoms with E-state index in [0.29, 0.717) is 13.2 Å². The third kappa shape index (κ3) is 12.8. The summed E-state index contributed by atoms with van der Waals surface area (Å²) in [6.45, 7) is 10.5. The third-order valence-corrected chi connectivity index (χ3v) is 5.16. The summed E-state index contributed by atoms with van der Waals surface area (Å²) in [6.07, 6.45) is 11.8. The molecule has 0 aliphatic rings. The molecule has 0 amide bonds. The second-order valence-corrected chi connectivity index (χ2v) is 9.50. The molecule has 0 heterocycles. The zero-order valence-electron chi connectivity index (χ0n) is 20.9. The van der Waals surface area contributed by atoms with E-state index in [2.05, 4.69) is 6.92 Å². The molecule has 0 bridgehead atoms. The molecule has 0 spiro atoms. The number of rotatable bonds is 16. The van der Waals surface area contributed by atoms with Crippen molar-refractivity contribution in [2.75, 3.05) is 13.2 Å². The predicted octanol–water partition coefficient (Wildman–Crippen LogP) is 7.12. The molecule has 1 aromatic carbocycles. The first-order valence-corrected chi connectivity index (χ1v) is 12.4. The highest BCUT2D eigenvalue weighted by molar-refractivity contribution is 6.03. The topological polar surface area (TPSA) is 61.8 Å². The van der Waals surface area contributed by atoms with E-state index in [1.54, 1.807) is 31.2 Å². The molecule has 0 aliphatic carbocycles. The summed E-state index contributed by atoms with van der Waals surface area (Å²) in [6, 6.07) is 6.64. The molecule has 0 aliphatic heterocycles. The Morgan fingerprint density at radius 3 is 1.84 bits per heavy atom. The zero-order valence-corrected chi connectivity index (χ0v) is 20.9. The molecular weight excluding hydrogens is 404 g/mol. The van der Waals surface area contributed by atoms with Gasteiger partial charge in [0, 0.05) is 0 Å². The van der Waals surface area contributed by atoms with Gasteiger partial charge >= 0.3 is 11.9 Å². The van der Waals surface area contributed by atoms with Crippen molar-refractivity contribution in [3.8, 4) is 0 Å². The monoisotopic (exact) mass is 448 g/mol. The SMILES string of the molecule is CCCCCCCCCCCCOC(=O)c1ccccc1C(=O)OC(C)COC(C)(C)C. The second kappa shape index (κ2) is 15.8. The zero-order chi connectivity index (χ0) is 23.8. The molecule has 0 radical (unpaired) electrons. The van der Waals surface area contributed by atoms with E-state index >= 15 is 0 Å². The Kier molecular flexibility index (Phi) is 13.9. The van der Waals surface area contributed by atoms with E-state index in [4.69, 9.17) is 14.2 Å². The molecule has 5 nitrogen and oxygen atoms in total. The maximum atomic E-state index is 12.6. The van der Waals surface area contributed by atoms with Gasteiger partial charge in [-0.05, 0) is 46.2 Å². The summed E-state index contributed by atoms with van der Waals surface area (Å²) in [5, 5.41) is 0. The minimum absolute atomic E-state index is 0.225. The van der Waals surface area contributed by atoms with Gasteiger partial charge < -0.3 is 14.2 Å². The number of esters is 2. The molecule has 32 heavy (non-hydrogen) atoms. The maximum absolute atomic E-state index is 12.6. The molecule has 182 valence electrons. The van der Waals surface area contributed by atoms with Gasteiger partial charge in [0.05, 0.1) is 29.9 Å². The number of ether oxygens (including phenoxy) is 3. The van der Waals surface area contributed by atoms with Crippen LogP contribution in [0.25, 0.3) is 0 Å². The summed E-state index contributed by atoms with van der Waals surface area (Å²) in [7, 11) is 0. The van der Waals surface area contributed by atoms with E-state index in [1.807, 2.05) is 20.8 Å². The van der Waals surface area contributed by atoms with E-state index in [0.717, 1.165) is 12.8 Å². The van der Waals surface area contributed by atoms with Crippen LogP contribution in [0.15, 0.2) is 24.3 Å². The number of carbonyl (C=O) groups excluding carboxylic acids is 2. The highest BCUT2D eigenvalue weighted by atomic mass is 16.6. The summed E-state index contributed by atoms with van der Waals surface area (Å²) in [5.41, 5.74) is 0.161. The average Bonchev–Trinajstić information content (AvgIpc) is 2.75. The minimum Gasteiger partial charge on any atom is -0.462 e. The van der Waals surface area contributed by atoms with Gasteiger partial charge in [-0.3, -0.25) is 0 Å². The normalized spacial score (nSPS) is 12.4. The van der Waals surface area contributed by atoms with Crippen molar-refractivity contribution < 1.29 is 23.8 Å². The maximum Gasteiger partial charge on any atom is 0.339 e. The molecule has 0 fully saturated rings. The Labute approximate surface area is 195 Å². The lowest BCUT2D eigenvalue weighted by Crippen LogP contribution is -2.28. The Morgan fingerprint density at radius 2 is 1.31 bits per heavy atom. The lowest BCUT2D eigenvalue weighted by atomic mass is 10.1. The van der Waals surface area contributed by atoms with Crippen LogP contribution in [-0.2, 0) is 14.2 Å². The molecule has 1 atom stereocenters. The Morgan fingerprint density at radius 1 is 0.812 bits per heavy atom. The fourth-order valence-electron chi connectivity index (χ4n) is 3.32. The van der Waals surface area contributed by atoms with Crippen LogP contribution in [0, 0.1) is 0 Å². The van der Waals surface area contributed by atoms with Crippen molar-refractivity contribution in [2.24, 2.45) is 0 Å². The van der Waals surface area contributed by atoms with E-state index in [1.165, 1.54) is 51.4 Å². The summed E-state index contributed by atoms with van der Waals surface area (Å²) >= 11 is 0. The minimum atomic E-state index is -0.540. The molecule has 0 aromatic heterocycles. The van der Waals surface area contributed by atoms with Gasteiger partial charge in [-0.25, -0.2) is 9.59 Å². The van der Waals surface area contributed by atoms with Crippen LogP contribution >= 0.6 is 0 Å². The molecule has 1 unspecified atom stereocenters. The van der Waals surface area contributed by atoms with Crippen molar-refractivity contribution in [1.82, 2.24) is 0 Å². The summed E-state index contributed by atoms with van der Waals surface area (Å²) < 4.78 is 16.5. The van der Waals surface area contributed by atoms with Gasteiger partial charge in [0.1, 0.15) is 6.10 Å². The number of benzene rings is 1. The predicted molar refractivity (Wildman–Crippen MR) is 129 cm³/mol. The van der Waals surface area contributed by atoms with Crippen LogP contribution in [0.5, 0.6) is 0 Å². The van der Waals surface area contributed by atoms with Crippen molar-refractivity contribution in [3.63, 3.8) is 0 Å². The van der Waals surface area contributed by atoms with Gasteiger partial charge in [-0.2, -0.15) is 0 Å². The molecule has 0 saturated heterocycles. The lowest BCUT2D eigenvalue weighted by Gasteiger charge is -2.22. The van der Waals surface area contributed by atoms with Crippen LogP contribution in [0.2, 0.25) is 0 Å². The Hall–Kier alpha value is -1.88. The van der Waals surface area contributed by atoms with Crippen LogP contribution in [0.4, 0.5) is 0 Å². The van der Waals surface area contributed by atoms with Crippen LogP contribution < -0.4 is 0 Å². The van der Waals surface area contributed by atoms with E-state index < -0.39 is 18.0 Å². The number of unbranched alkanes of at least 4 members (excludes halogenated alkanes) is 9. The fraction of sp³-hybridized carbons (Fsp3) is 0.704. The van der Waals surface area contributed by atoms with Gasteiger partial charge in [0.2, 0.25) is 0 Å². The molecule has 5 heteroatoms. The van der Waals surface area contributed by atoms with Gasteiger partial charge in [0.15, 0.2) is 0 Å². The second-order valence-electron chi connectivity index (χ2n) is 9.50. The highest BCUT2D eigenvalue weighted by Crippen LogP contribution is 2.15. The first kappa shape index (κ1) is 28.2. The standard InChI is InChI=1S/C27H44O5/c1-6-7-8-9-10-11-12-13-14-17-20-30-25(28)23-18-15-16-19-24(23)26(29)32-22(2)21-31-27(3,4)5/h15-16,18-19,22H,6-14,17,20-21H2,1-5H3. The number of hydrogen-bond donors (Lipinski definition) is 0. The van der Waals surface area contributed by atoms with Crippen LogP contribution in [0.1, 0.15) is 120 Å². The number of carbonyl (C=O) groups is 2. The molecule has 0 saturated carbocycles. The molecular formula is C27H44O5. The quantitative estimate of drug-likeness (QED) is 0.199. The van der Waals surface area contributed by atoms with Gasteiger partial charge in [-0.15, -0.1) is 0 Å². The molecule has 1 rings (SSSR count). The van der Waals surface area contributed by atoms with Gasteiger partial charge in [0.25, 0.3) is 0 Å². The van der Waals surface area contributed by atoms with Crippen molar-refractivity contribution >= 4 is 11.9 Å². The molecule has 0 N–H and O–H groups in total. The van der Waals surface area contributed by atoms with Crippen LogP contribution in [-0.4, -0.2) is 36.9 Å².